The van der Waals surface area contributed by atoms with Gasteiger partial charge in [0.1, 0.15) is 0 Å². The number of nitrogen functional groups attached to an aromatic ring is 1. The van der Waals surface area contributed by atoms with E-state index in [4.69, 9.17) is 5.73 Å². The van der Waals surface area contributed by atoms with Crippen molar-refractivity contribution in [2.75, 3.05) is 12.3 Å². The number of nitrogens with one attached hydrogen (secondary N) is 1. The molecule has 16 heavy (non-hydrogen) atoms. The molecule has 0 fully saturated rings. The molecule has 0 saturated carbocycles. The minimum Gasteiger partial charge on any atom is -0.375 e. The highest BCUT2D eigenvalue weighted by Crippen LogP contribution is 2.25. The molecule has 0 spiro atoms. The van der Waals surface area contributed by atoms with Crippen molar-refractivity contribution >= 4 is 26.5 Å². The van der Waals surface area contributed by atoms with Crippen molar-refractivity contribution in [2.45, 2.75) is 31.9 Å². The van der Waals surface area contributed by atoms with E-state index in [1.807, 2.05) is 20.8 Å². The van der Waals surface area contributed by atoms with E-state index in [1.54, 1.807) is 6.92 Å². The van der Waals surface area contributed by atoms with Crippen LogP contribution in [0.15, 0.2) is 4.21 Å². The van der Waals surface area contributed by atoms with Crippen LogP contribution in [0.25, 0.3) is 0 Å². The number of thiazole rings is 1. The molecule has 0 saturated heterocycles. The average Bonchev–Trinajstić information content (AvgIpc) is 2.42. The lowest BCUT2D eigenvalue weighted by molar-refractivity contribution is 0.408. The van der Waals surface area contributed by atoms with Crippen molar-refractivity contribution in [3.8, 4) is 0 Å². The third-order valence-corrected chi connectivity index (χ3v) is 4.80. The molecule has 0 aliphatic carbocycles. The minimum atomic E-state index is -3.48. The number of aryl methyl sites for hydroxylation is 1. The highest BCUT2D eigenvalue weighted by Gasteiger charge is 2.23. The van der Waals surface area contributed by atoms with Crippen LogP contribution in [0.5, 0.6) is 0 Å². The van der Waals surface area contributed by atoms with Gasteiger partial charge >= 0.3 is 0 Å². The Bertz CT molecular complexity index is 471. The van der Waals surface area contributed by atoms with Gasteiger partial charge in [0.25, 0.3) is 10.0 Å². The van der Waals surface area contributed by atoms with E-state index in [2.05, 4.69) is 9.71 Å². The first-order valence-corrected chi connectivity index (χ1v) is 7.14. The van der Waals surface area contributed by atoms with Crippen LogP contribution in [0.3, 0.4) is 0 Å². The van der Waals surface area contributed by atoms with Crippen molar-refractivity contribution in [1.82, 2.24) is 9.71 Å². The molecule has 1 aromatic rings. The highest BCUT2D eigenvalue weighted by molar-refractivity contribution is 7.91. The molecule has 92 valence electrons. The maximum Gasteiger partial charge on any atom is 0.252 e. The standard InChI is InChI=1S/C9H17N3O2S2/c1-6-7(15-8(10)12-6)16(13,14)11-5-9(2,3)4/h11H,5H2,1-4H3,(H2,10,12). The monoisotopic (exact) mass is 263 g/mol. The first-order chi connectivity index (χ1) is 7.12. The fourth-order valence-corrected chi connectivity index (χ4v) is 3.66. The lowest BCUT2D eigenvalue weighted by Gasteiger charge is -2.18. The third-order valence-electron chi connectivity index (χ3n) is 1.81. The molecule has 7 heteroatoms. The lowest BCUT2D eigenvalue weighted by atomic mass is 9.98. The molecule has 5 nitrogen and oxygen atoms in total. The van der Waals surface area contributed by atoms with Crippen molar-refractivity contribution in [3.63, 3.8) is 0 Å². The molecular weight excluding hydrogens is 246 g/mol. The smallest absolute Gasteiger partial charge is 0.252 e. The second-order valence-corrected chi connectivity index (χ2v) is 7.80. The first-order valence-electron chi connectivity index (χ1n) is 4.84. The summed E-state index contributed by atoms with van der Waals surface area (Å²) in [6.07, 6.45) is 0. The van der Waals surface area contributed by atoms with E-state index >= 15 is 0 Å². The van der Waals surface area contributed by atoms with Crippen molar-refractivity contribution < 1.29 is 8.42 Å². The summed E-state index contributed by atoms with van der Waals surface area (Å²) in [7, 11) is -3.48. The van der Waals surface area contributed by atoms with Crippen LogP contribution in [0, 0.1) is 12.3 Å². The number of rotatable bonds is 3. The van der Waals surface area contributed by atoms with Crippen molar-refractivity contribution in [1.29, 1.82) is 0 Å². The van der Waals surface area contributed by atoms with E-state index in [1.165, 1.54) is 0 Å². The first kappa shape index (κ1) is 13.4. The highest BCUT2D eigenvalue weighted by atomic mass is 32.2. The van der Waals surface area contributed by atoms with Gasteiger partial charge in [0, 0.05) is 6.54 Å². The number of nitrogens with zero attached hydrogens (tertiary/aromatic N) is 1. The second kappa shape index (κ2) is 4.31. The van der Waals surface area contributed by atoms with Gasteiger partial charge in [-0.25, -0.2) is 18.1 Å². The van der Waals surface area contributed by atoms with Gasteiger partial charge in [-0.1, -0.05) is 32.1 Å². The molecule has 3 N–H and O–H groups in total. The molecule has 0 aromatic carbocycles. The fourth-order valence-electron chi connectivity index (χ4n) is 1.03. The summed E-state index contributed by atoms with van der Waals surface area (Å²) >= 11 is 0.988. The minimum absolute atomic E-state index is 0.1000. The Kier molecular flexibility index (Phi) is 3.61. The van der Waals surface area contributed by atoms with Crippen molar-refractivity contribution in [2.24, 2.45) is 5.41 Å². The largest absolute Gasteiger partial charge is 0.375 e. The summed E-state index contributed by atoms with van der Waals surface area (Å²) in [5.41, 5.74) is 5.82. The predicted octanol–water partition coefficient (Wildman–Crippen LogP) is 1.36. The van der Waals surface area contributed by atoms with Crippen LogP contribution in [0.2, 0.25) is 0 Å². The zero-order valence-electron chi connectivity index (χ0n) is 9.86. The second-order valence-electron chi connectivity index (χ2n) is 4.81. The molecule has 1 heterocycles. The molecule has 0 radical (unpaired) electrons. The number of hydrogen-bond acceptors (Lipinski definition) is 5. The van der Waals surface area contributed by atoms with Gasteiger partial charge in [0.05, 0.1) is 5.69 Å². The zero-order chi connectivity index (χ0) is 12.6. The lowest BCUT2D eigenvalue weighted by Crippen LogP contribution is -2.32. The predicted molar refractivity (Wildman–Crippen MR) is 65.9 cm³/mol. The normalized spacial score (nSPS) is 13.0. The average molecular weight is 263 g/mol. The summed E-state index contributed by atoms with van der Waals surface area (Å²) in [5, 5.41) is 0.272. The fraction of sp³-hybridized carbons (Fsp3) is 0.667. The molecule has 1 rings (SSSR count). The Morgan fingerprint density at radius 1 is 1.44 bits per heavy atom. The number of anilines is 1. The van der Waals surface area contributed by atoms with Crippen LogP contribution in [0.1, 0.15) is 26.5 Å². The molecule has 0 amide bonds. The Morgan fingerprint density at radius 3 is 2.38 bits per heavy atom. The van der Waals surface area contributed by atoms with Crippen LogP contribution in [-0.4, -0.2) is 19.9 Å². The maximum absolute atomic E-state index is 11.9. The summed E-state index contributed by atoms with van der Waals surface area (Å²) < 4.78 is 26.6. The topological polar surface area (TPSA) is 85.1 Å². The Labute approximate surface area is 100 Å². The Hall–Kier alpha value is -0.660. The van der Waals surface area contributed by atoms with Crippen LogP contribution in [-0.2, 0) is 10.0 Å². The number of hydrogen-bond donors (Lipinski definition) is 2. The van der Waals surface area contributed by atoms with Crippen LogP contribution >= 0.6 is 11.3 Å². The molecule has 0 bridgehead atoms. The Balaban J connectivity index is 2.91. The molecule has 0 unspecified atom stereocenters. The summed E-state index contributed by atoms with van der Waals surface area (Å²) in [6.45, 7) is 7.90. The third kappa shape index (κ3) is 3.43. The number of aromatic nitrogens is 1. The van der Waals surface area contributed by atoms with E-state index in [9.17, 15) is 8.42 Å². The molecule has 0 aliphatic rings. The van der Waals surface area contributed by atoms with E-state index in [-0.39, 0.29) is 14.8 Å². The van der Waals surface area contributed by atoms with Crippen molar-refractivity contribution in [3.05, 3.63) is 5.69 Å². The van der Waals surface area contributed by atoms with Crippen LogP contribution < -0.4 is 10.5 Å². The van der Waals surface area contributed by atoms with E-state index in [0.717, 1.165) is 11.3 Å². The van der Waals surface area contributed by atoms with Gasteiger partial charge in [-0.15, -0.1) is 0 Å². The molecular formula is C9H17N3O2S2. The van der Waals surface area contributed by atoms with Gasteiger partial charge in [-0.2, -0.15) is 0 Å². The Morgan fingerprint density at radius 2 is 2.00 bits per heavy atom. The van der Waals surface area contributed by atoms with Gasteiger partial charge in [-0.05, 0) is 12.3 Å². The maximum atomic E-state index is 11.9. The number of sulfonamides is 1. The SMILES string of the molecule is Cc1nc(N)sc1S(=O)(=O)NCC(C)(C)C. The van der Waals surface area contributed by atoms with E-state index in [0.29, 0.717) is 12.2 Å². The summed E-state index contributed by atoms with van der Waals surface area (Å²) in [6, 6.07) is 0. The van der Waals surface area contributed by atoms with Gasteiger partial charge < -0.3 is 5.73 Å². The van der Waals surface area contributed by atoms with Gasteiger partial charge in [0.2, 0.25) is 0 Å². The quantitative estimate of drug-likeness (QED) is 0.862. The molecule has 0 aliphatic heterocycles. The summed E-state index contributed by atoms with van der Waals surface area (Å²) in [4.78, 5) is 3.90. The molecule has 0 atom stereocenters. The molecule has 1 aromatic heterocycles. The van der Waals surface area contributed by atoms with Gasteiger partial charge in [-0.3, -0.25) is 0 Å². The van der Waals surface area contributed by atoms with E-state index < -0.39 is 10.0 Å². The van der Waals surface area contributed by atoms with Gasteiger partial charge in [0.15, 0.2) is 9.34 Å². The zero-order valence-corrected chi connectivity index (χ0v) is 11.5. The van der Waals surface area contributed by atoms with Crippen LogP contribution in [0.4, 0.5) is 5.13 Å². The number of nitrogens with two attached hydrogens (primary N) is 1. The summed E-state index contributed by atoms with van der Waals surface area (Å²) in [5.74, 6) is 0.